The summed E-state index contributed by atoms with van der Waals surface area (Å²) in [5.74, 6) is 0.828. The van der Waals surface area contributed by atoms with Gasteiger partial charge in [0.1, 0.15) is 5.82 Å². The maximum atomic E-state index is 13.0. The van der Waals surface area contributed by atoms with Gasteiger partial charge in [0.15, 0.2) is 0 Å². The zero-order valence-corrected chi connectivity index (χ0v) is 14.5. The molecule has 3 nitrogen and oxygen atoms in total. The molecule has 3 N–H and O–H groups in total. The minimum atomic E-state index is -0.239. The Morgan fingerprint density at radius 3 is 2.43 bits per heavy atom. The van der Waals surface area contributed by atoms with Crippen LogP contribution in [0.2, 0.25) is 0 Å². The van der Waals surface area contributed by atoms with Gasteiger partial charge in [-0.05, 0) is 48.8 Å². The molecule has 23 heavy (non-hydrogen) atoms. The highest BCUT2D eigenvalue weighted by Gasteiger charge is 2.49. The first-order valence-electron chi connectivity index (χ1n) is 8.18. The van der Waals surface area contributed by atoms with Gasteiger partial charge in [-0.1, -0.05) is 26.0 Å². The fourth-order valence-electron chi connectivity index (χ4n) is 4.15. The first-order valence-corrected chi connectivity index (χ1v) is 8.18. The molecule has 1 amide bonds. The number of amides is 1. The third-order valence-corrected chi connectivity index (χ3v) is 5.61. The molecule has 2 bridgehead atoms. The van der Waals surface area contributed by atoms with E-state index in [4.69, 9.17) is 5.73 Å². The molecule has 3 rings (SSSR count). The number of benzene rings is 1. The van der Waals surface area contributed by atoms with Crippen molar-refractivity contribution in [1.29, 1.82) is 0 Å². The molecule has 2 aliphatic carbocycles. The Bertz CT molecular complexity index is 559. The van der Waals surface area contributed by atoms with Gasteiger partial charge in [0.25, 0.3) is 0 Å². The molecular weight excluding hydrogens is 315 g/mol. The zero-order valence-electron chi connectivity index (χ0n) is 13.7. The summed E-state index contributed by atoms with van der Waals surface area (Å²) in [7, 11) is 0. The summed E-state index contributed by atoms with van der Waals surface area (Å²) < 4.78 is 13.0. The molecule has 1 aromatic carbocycles. The number of nitrogens with one attached hydrogen (secondary N) is 1. The molecule has 0 saturated heterocycles. The van der Waals surface area contributed by atoms with Crippen molar-refractivity contribution < 1.29 is 9.18 Å². The van der Waals surface area contributed by atoms with Gasteiger partial charge in [-0.25, -0.2) is 4.39 Å². The Hall–Kier alpha value is -1.13. The molecule has 128 valence electrons. The van der Waals surface area contributed by atoms with Gasteiger partial charge in [-0.2, -0.15) is 0 Å². The molecule has 0 aromatic heterocycles. The van der Waals surface area contributed by atoms with Crippen LogP contribution in [-0.4, -0.2) is 18.5 Å². The highest BCUT2D eigenvalue weighted by Crippen LogP contribution is 2.47. The van der Waals surface area contributed by atoms with E-state index >= 15 is 0 Å². The number of hydrogen-bond acceptors (Lipinski definition) is 2. The van der Waals surface area contributed by atoms with Crippen molar-refractivity contribution in [1.82, 2.24) is 5.32 Å². The van der Waals surface area contributed by atoms with Crippen LogP contribution in [0.15, 0.2) is 24.3 Å². The van der Waals surface area contributed by atoms with E-state index in [1.165, 1.54) is 18.6 Å². The van der Waals surface area contributed by atoms with Crippen molar-refractivity contribution in [3.8, 4) is 0 Å². The molecule has 2 aliphatic rings. The van der Waals surface area contributed by atoms with Gasteiger partial charge in [-0.3, -0.25) is 4.79 Å². The van der Waals surface area contributed by atoms with E-state index in [9.17, 15) is 9.18 Å². The number of carbonyl (C=O) groups excluding carboxylic acids is 1. The number of fused-ring (bicyclic) bond motifs is 2. The zero-order chi connectivity index (χ0) is 15.9. The Kier molecular flexibility index (Phi) is 5.37. The molecular formula is C18H26ClFN2O. The number of rotatable bonds is 4. The van der Waals surface area contributed by atoms with E-state index in [2.05, 4.69) is 19.2 Å². The average Bonchev–Trinajstić information content (AvgIpc) is 3.06. The quantitative estimate of drug-likeness (QED) is 0.885. The predicted molar refractivity (Wildman–Crippen MR) is 92.0 cm³/mol. The smallest absolute Gasteiger partial charge is 0.224 e. The summed E-state index contributed by atoms with van der Waals surface area (Å²) in [5.41, 5.74) is 7.02. The van der Waals surface area contributed by atoms with Crippen LogP contribution >= 0.6 is 12.4 Å². The highest BCUT2D eigenvalue weighted by atomic mass is 35.5. The van der Waals surface area contributed by atoms with E-state index in [0.29, 0.717) is 18.4 Å². The number of hydrogen-bond donors (Lipinski definition) is 2. The lowest BCUT2D eigenvalue weighted by Gasteiger charge is -2.30. The molecule has 1 aromatic rings. The van der Waals surface area contributed by atoms with Crippen LogP contribution in [-0.2, 0) is 10.2 Å². The number of nitrogens with two attached hydrogens (primary N) is 1. The lowest BCUT2D eigenvalue weighted by molar-refractivity contribution is -0.127. The van der Waals surface area contributed by atoms with Gasteiger partial charge in [0.2, 0.25) is 5.91 Å². The van der Waals surface area contributed by atoms with Crippen LogP contribution in [0, 0.1) is 23.6 Å². The Balaban J connectivity index is 0.00000192. The second-order valence-electron chi connectivity index (χ2n) is 7.54. The molecule has 4 unspecified atom stereocenters. The summed E-state index contributed by atoms with van der Waals surface area (Å²) in [4.78, 5) is 12.5. The Morgan fingerprint density at radius 1 is 1.26 bits per heavy atom. The van der Waals surface area contributed by atoms with Crippen LogP contribution < -0.4 is 11.1 Å². The third-order valence-electron chi connectivity index (χ3n) is 5.61. The van der Waals surface area contributed by atoms with Crippen LogP contribution in [0.1, 0.15) is 38.7 Å². The third kappa shape index (κ3) is 3.53. The average molecular weight is 341 g/mol. The summed E-state index contributed by atoms with van der Waals surface area (Å²) in [5, 5.41) is 3.08. The predicted octanol–water partition coefficient (Wildman–Crippen LogP) is 3.01. The molecule has 5 heteroatoms. The first-order chi connectivity index (χ1) is 10.4. The second kappa shape index (κ2) is 6.78. The van der Waals surface area contributed by atoms with Crippen LogP contribution in [0.4, 0.5) is 4.39 Å². The molecule has 4 atom stereocenters. The van der Waals surface area contributed by atoms with E-state index < -0.39 is 0 Å². The van der Waals surface area contributed by atoms with Crippen LogP contribution in [0.25, 0.3) is 0 Å². The van der Waals surface area contributed by atoms with Crippen molar-refractivity contribution in [2.75, 3.05) is 6.54 Å². The molecule has 2 saturated carbocycles. The van der Waals surface area contributed by atoms with Crippen LogP contribution in [0.5, 0.6) is 0 Å². The van der Waals surface area contributed by atoms with Gasteiger partial charge >= 0.3 is 0 Å². The summed E-state index contributed by atoms with van der Waals surface area (Å²) in [6.07, 6.45) is 3.43. The highest BCUT2D eigenvalue weighted by molar-refractivity contribution is 5.85. The topological polar surface area (TPSA) is 55.1 Å². The van der Waals surface area contributed by atoms with Gasteiger partial charge < -0.3 is 11.1 Å². The number of halogens is 2. The van der Waals surface area contributed by atoms with E-state index in [1.807, 2.05) is 0 Å². The first kappa shape index (κ1) is 18.2. The maximum Gasteiger partial charge on any atom is 0.224 e. The lowest BCUT2D eigenvalue weighted by Crippen LogP contribution is -2.47. The standard InChI is InChI=1S/C18H25FN2O.ClH/c1-18(2,13-5-7-14(19)8-6-13)10-21-17(22)15-11-3-4-12(9-11)16(15)20;/h5-8,11-12,15-16H,3-4,9-10,20H2,1-2H3,(H,21,22);1H. The SMILES string of the molecule is CC(C)(CNC(=O)C1C2CCC(C2)C1N)c1ccc(F)cc1.Cl. The van der Waals surface area contributed by atoms with E-state index in [0.717, 1.165) is 18.4 Å². The van der Waals surface area contributed by atoms with Crippen LogP contribution in [0.3, 0.4) is 0 Å². The van der Waals surface area contributed by atoms with Gasteiger partial charge in [0.05, 0.1) is 5.92 Å². The van der Waals surface area contributed by atoms with Crippen molar-refractivity contribution in [2.24, 2.45) is 23.5 Å². The van der Waals surface area contributed by atoms with Crippen molar-refractivity contribution >= 4 is 18.3 Å². The fourth-order valence-corrected chi connectivity index (χ4v) is 4.15. The fraction of sp³-hybridized carbons (Fsp3) is 0.611. The summed E-state index contributed by atoms with van der Waals surface area (Å²) >= 11 is 0. The molecule has 0 spiro atoms. The summed E-state index contributed by atoms with van der Waals surface area (Å²) in [6, 6.07) is 6.51. The molecule has 0 radical (unpaired) electrons. The van der Waals surface area contributed by atoms with Gasteiger partial charge in [-0.15, -0.1) is 12.4 Å². The monoisotopic (exact) mass is 340 g/mol. The van der Waals surface area contributed by atoms with E-state index in [-0.39, 0.29) is 41.5 Å². The van der Waals surface area contributed by atoms with Crippen molar-refractivity contribution in [3.05, 3.63) is 35.6 Å². The Labute approximate surface area is 143 Å². The minimum Gasteiger partial charge on any atom is -0.355 e. The molecule has 0 heterocycles. The maximum absolute atomic E-state index is 13.0. The second-order valence-corrected chi connectivity index (χ2v) is 7.54. The minimum absolute atomic E-state index is 0. The molecule has 0 aliphatic heterocycles. The van der Waals surface area contributed by atoms with E-state index in [1.54, 1.807) is 12.1 Å². The largest absolute Gasteiger partial charge is 0.355 e. The molecule has 2 fully saturated rings. The summed E-state index contributed by atoms with van der Waals surface area (Å²) in [6.45, 7) is 4.65. The van der Waals surface area contributed by atoms with Crippen molar-refractivity contribution in [2.45, 2.75) is 44.6 Å². The van der Waals surface area contributed by atoms with Crippen molar-refractivity contribution in [3.63, 3.8) is 0 Å². The normalized spacial score (nSPS) is 29.2. The lowest BCUT2D eigenvalue weighted by atomic mass is 9.82. The Morgan fingerprint density at radius 2 is 1.87 bits per heavy atom. The van der Waals surface area contributed by atoms with Gasteiger partial charge in [0, 0.05) is 18.0 Å². The number of carbonyl (C=O) groups is 1.